The quantitative estimate of drug-likeness (QED) is 0.679. The number of hydrogen-bond donors (Lipinski definition) is 1. The molecular formula is C13H9ClN2O5S. The number of rotatable bonds is 4. The van der Waals surface area contributed by atoms with E-state index in [0.29, 0.717) is 0 Å². The molecule has 0 heterocycles. The van der Waals surface area contributed by atoms with Crippen LogP contribution in [0, 0.1) is 10.1 Å². The summed E-state index contributed by atoms with van der Waals surface area (Å²) >= 11 is 5.79. The van der Waals surface area contributed by atoms with Crippen LogP contribution >= 0.6 is 11.6 Å². The molecule has 2 aromatic rings. The Labute approximate surface area is 130 Å². The molecule has 0 bridgehead atoms. The largest absolute Gasteiger partial charge is 0.270 e. The smallest absolute Gasteiger partial charge is 0.268 e. The zero-order valence-electron chi connectivity index (χ0n) is 10.9. The van der Waals surface area contributed by atoms with Crippen LogP contribution in [0.4, 0.5) is 5.69 Å². The molecule has 114 valence electrons. The highest BCUT2D eigenvalue weighted by atomic mass is 35.5. The van der Waals surface area contributed by atoms with E-state index in [0.717, 1.165) is 18.2 Å². The van der Waals surface area contributed by atoms with Gasteiger partial charge in [-0.3, -0.25) is 14.9 Å². The summed E-state index contributed by atoms with van der Waals surface area (Å²) in [5.41, 5.74) is -0.665. The van der Waals surface area contributed by atoms with Crippen LogP contribution in [0.5, 0.6) is 0 Å². The molecule has 0 saturated heterocycles. The lowest BCUT2D eigenvalue weighted by Crippen LogP contribution is -2.30. The van der Waals surface area contributed by atoms with Gasteiger partial charge in [0.15, 0.2) is 0 Å². The number of benzene rings is 2. The van der Waals surface area contributed by atoms with Crippen LogP contribution in [0.1, 0.15) is 10.4 Å². The first-order valence-electron chi connectivity index (χ1n) is 5.87. The van der Waals surface area contributed by atoms with Gasteiger partial charge < -0.3 is 0 Å². The number of nitro groups is 1. The number of nitrogens with one attached hydrogen (secondary N) is 1. The minimum atomic E-state index is -4.09. The molecule has 0 unspecified atom stereocenters. The van der Waals surface area contributed by atoms with Crippen molar-refractivity contribution in [1.82, 2.24) is 4.72 Å². The van der Waals surface area contributed by atoms with Crippen molar-refractivity contribution in [3.63, 3.8) is 0 Å². The summed E-state index contributed by atoms with van der Waals surface area (Å²) in [6.07, 6.45) is 0. The summed E-state index contributed by atoms with van der Waals surface area (Å²) in [4.78, 5) is 21.9. The van der Waals surface area contributed by atoms with Crippen LogP contribution in [0.3, 0.4) is 0 Å². The van der Waals surface area contributed by atoms with Crippen molar-refractivity contribution in [1.29, 1.82) is 0 Å². The van der Waals surface area contributed by atoms with Crippen LogP contribution < -0.4 is 4.72 Å². The standard InChI is InChI=1S/C13H9ClN2O5S/c14-12-7-6-9(16(18)19)8-11(12)13(17)15-22(20,21)10-4-2-1-3-5-10/h1-8H,(H,15,17). The van der Waals surface area contributed by atoms with Crippen molar-refractivity contribution in [2.24, 2.45) is 0 Å². The fraction of sp³-hybridized carbons (Fsp3) is 0. The second kappa shape index (κ2) is 6.12. The highest BCUT2D eigenvalue weighted by molar-refractivity contribution is 7.90. The molecule has 22 heavy (non-hydrogen) atoms. The van der Waals surface area contributed by atoms with E-state index in [2.05, 4.69) is 0 Å². The van der Waals surface area contributed by atoms with Gasteiger partial charge in [0, 0.05) is 12.1 Å². The molecule has 1 N–H and O–H groups in total. The monoisotopic (exact) mass is 340 g/mol. The van der Waals surface area contributed by atoms with Crippen LogP contribution in [-0.4, -0.2) is 19.2 Å². The summed E-state index contributed by atoms with van der Waals surface area (Å²) in [5, 5.41) is 10.6. The third-order valence-electron chi connectivity index (χ3n) is 2.69. The number of halogens is 1. The fourth-order valence-corrected chi connectivity index (χ4v) is 2.83. The second-order valence-corrected chi connectivity index (χ2v) is 6.26. The summed E-state index contributed by atoms with van der Waals surface area (Å²) in [7, 11) is -4.09. The van der Waals surface area contributed by atoms with E-state index in [-0.39, 0.29) is 21.2 Å². The van der Waals surface area contributed by atoms with Gasteiger partial charge in [-0.1, -0.05) is 29.8 Å². The van der Waals surface area contributed by atoms with E-state index in [9.17, 15) is 23.3 Å². The number of hydrogen-bond acceptors (Lipinski definition) is 5. The molecule has 0 radical (unpaired) electrons. The van der Waals surface area contributed by atoms with Gasteiger partial charge in [0.1, 0.15) is 0 Å². The first kappa shape index (κ1) is 15.9. The summed E-state index contributed by atoms with van der Waals surface area (Å²) < 4.78 is 25.9. The van der Waals surface area contributed by atoms with Crippen molar-refractivity contribution >= 4 is 33.2 Å². The van der Waals surface area contributed by atoms with Crippen molar-refractivity contribution in [2.75, 3.05) is 0 Å². The Morgan fingerprint density at radius 2 is 1.77 bits per heavy atom. The molecule has 0 spiro atoms. The van der Waals surface area contributed by atoms with Gasteiger partial charge in [-0.05, 0) is 18.2 Å². The van der Waals surface area contributed by atoms with Gasteiger partial charge in [-0.2, -0.15) is 0 Å². The number of nitrogens with zero attached hydrogens (tertiary/aromatic N) is 1. The lowest BCUT2D eigenvalue weighted by Gasteiger charge is -2.08. The lowest BCUT2D eigenvalue weighted by atomic mass is 10.2. The van der Waals surface area contributed by atoms with Crippen LogP contribution in [-0.2, 0) is 10.0 Å². The molecule has 0 aliphatic carbocycles. The molecule has 9 heteroatoms. The molecule has 0 aromatic heterocycles. The van der Waals surface area contributed by atoms with Gasteiger partial charge in [0.05, 0.1) is 20.4 Å². The number of non-ortho nitro benzene ring substituents is 1. The third-order valence-corrected chi connectivity index (χ3v) is 4.36. The van der Waals surface area contributed by atoms with Crippen LogP contribution in [0.25, 0.3) is 0 Å². The maximum absolute atomic E-state index is 12.0. The van der Waals surface area contributed by atoms with Crippen molar-refractivity contribution in [3.05, 3.63) is 69.2 Å². The molecule has 0 saturated carbocycles. The second-order valence-electron chi connectivity index (χ2n) is 4.17. The Morgan fingerprint density at radius 1 is 1.14 bits per heavy atom. The molecule has 0 aliphatic rings. The van der Waals surface area contributed by atoms with Gasteiger partial charge >= 0.3 is 0 Å². The summed E-state index contributed by atoms with van der Waals surface area (Å²) in [6, 6.07) is 10.4. The lowest BCUT2D eigenvalue weighted by molar-refractivity contribution is -0.384. The maximum atomic E-state index is 12.0. The summed E-state index contributed by atoms with van der Waals surface area (Å²) in [6.45, 7) is 0. The van der Waals surface area contributed by atoms with Crippen LogP contribution in [0.2, 0.25) is 5.02 Å². The first-order chi connectivity index (χ1) is 10.3. The Kier molecular flexibility index (Phi) is 4.43. The minimum Gasteiger partial charge on any atom is -0.268 e. The number of carbonyl (C=O) groups excluding carboxylic acids is 1. The van der Waals surface area contributed by atoms with E-state index < -0.39 is 20.9 Å². The minimum absolute atomic E-state index is 0.0913. The Hall–Kier alpha value is -2.45. The van der Waals surface area contributed by atoms with Crippen molar-refractivity contribution < 1.29 is 18.1 Å². The average Bonchev–Trinajstić information content (AvgIpc) is 2.47. The molecule has 2 aromatic carbocycles. The topological polar surface area (TPSA) is 106 Å². The molecule has 0 fully saturated rings. The van der Waals surface area contributed by atoms with Crippen LogP contribution in [0.15, 0.2) is 53.4 Å². The van der Waals surface area contributed by atoms with Gasteiger partial charge in [-0.25, -0.2) is 13.1 Å². The van der Waals surface area contributed by atoms with Crippen molar-refractivity contribution in [2.45, 2.75) is 4.90 Å². The van der Waals surface area contributed by atoms with E-state index in [1.165, 1.54) is 24.3 Å². The molecule has 1 amide bonds. The van der Waals surface area contributed by atoms with E-state index in [4.69, 9.17) is 11.6 Å². The molecule has 2 rings (SSSR count). The number of nitro benzene ring substituents is 1. The average molecular weight is 341 g/mol. The molecule has 0 aliphatic heterocycles. The number of sulfonamides is 1. The molecule has 0 atom stereocenters. The zero-order valence-corrected chi connectivity index (χ0v) is 12.5. The summed E-state index contributed by atoms with van der Waals surface area (Å²) in [5.74, 6) is -1.04. The normalized spacial score (nSPS) is 11.0. The number of carbonyl (C=O) groups is 1. The Balaban J connectivity index is 2.34. The SMILES string of the molecule is O=C(NS(=O)(=O)c1ccccc1)c1cc([N+](=O)[O-])ccc1Cl. The Bertz CT molecular complexity index is 837. The predicted molar refractivity (Wildman–Crippen MR) is 79.2 cm³/mol. The van der Waals surface area contributed by atoms with Gasteiger partial charge in [-0.15, -0.1) is 0 Å². The highest BCUT2D eigenvalue weighted by Crippen LogP contribution is 2.22. The Morgan fingerprint density at radius 3 is 2.36 bits per heavy atom. The predicted octanol–water partition coefficient (Wildman–Crippen LogP) is 2.37. The zero-order chi connectivity index (χ0) is 16.3. The van der Waals surface area contributed by atoms with E-state index in [1.54, 1.807) is 6.07 Å². The molecule has 7 nitrogen and oxygen atoms in total. The van der Waals surface area contributed by atoms with Gasteiger partial charge in [0.2, 0.25) is 0 Å². The van der Waals surface area contributed by atoms with Crippen molar-refractivity contribution in [3.8, 4) is 0 Å². The first-order valence-corrected chi connectivity index (χ1v) is 7.73. The van der Waals surface area contributed by atoms with Gasteiger partial charge in [0.25, 0.3) is 21.6 Å². The highest BCUT2D eigenvalue weighted by Gasteiger charge is 2.22. The number of amides is 1. The molecular weight excluding hydrogens is 332 g/mol. The third kappa shape index (κ3) is 3.41. The maximum Gasteiger partial charge on any atom is 0.270 e. The fourth-order valence-electron chi connectivity index (χ4n) is 1.64. The van der Waals surface area contributed by atoms with E-state index in [1.807, 2.05) is 4.72 Å². The van der Waals surface area contributed by atoms with E-state index >= 15 is 0 Å².